The molecule has 0 saturated heterocycles. The van der Waals surface area contributed by atoms with Crippen LogP contribution in [-0.2, 0) is 9.84 Å². The third-order valence-corrected chi connectivity index (χ3v) is 3.99. The van der Waals surface area contributed by atoms with Gasteiger partial charge in [0.15, 0.2) is 0 Å². The lowest BCUT2D eigenvalue weighted by atomic mass is 9.95. The van der Waals surface area contributed by atoms with E-state index in [0.29, 0.717) is 13.0 Å². The highest BCUT2D eigenvalue weighted by atomic mass is 32.2. The fourth-order valence-corrected chi connectivity index (χ4v) is 2.10. The third-order valence-electron chi connectivity index (χ3n) is 3.07. The monoisotopic (exact) mass is 261 g/mol. The number of sulfone groups is 1. The predicted octanol–water partition coefficient (Wildman–Crippen LogP) is 0.243. The lowest BCUT2D eigenvalue weighted by Gasteiger charge is -2.30. The zero-order valence-corrected chi connectivity index (χ0v) is 12.1. The highest BCUT2D eigenvalue weighted by Crippen LogP contribution is 2.14. The van der Waals surface area contributed by atoms with Gasteiger partial charge >= 0.3 is 0 Å². The van der Waals surface area contributed by atoms with Crippen molar-refractivity contribution in [2.75, 3.05) is 32.6 Å². The van der Waals surface area contributed by atoms with E-state index in [4.69, 9.17) is 5.26 Å². The van der Waals surface area contributed by atoms with Crippen LogP contribution in [0.5, 0.6) is 0 Å². The van der Waals surface area contributed by atoms with Gasteiger partial charge in [0.05, 0.1) is 11.8 Å². The Morgan fingerprint density at radius 2 is 2.06 bits per heavy atom. The van der Waals surface area contributed by atoms with E-state index >= 15 is 0 Å². The molecular weight excluding hydrogens is 238 g/mol. The van der Waals surface area contributed by atoms with Crippen LogP contribution in [0, 0.1) is 11.3 Å². The second-order valence-electron chi connectivity index (χ2n) is 4.86. The number of rotatable bonds is 7. The predicted molar refractivity (Wildman–Crippen MR) is 69.5 cm³/mol. The largest absolute Gasteiger partial charge is 0.303 e. The first-order chi connectivity index (χ1) is 7.63. The average Bonchev–Trinajstić information content (AvgIpc) is 2.24. The van der Waals surface area contributed by atoms with Crippen LogP contribution in [-0.4, -0.2) is 57.5 Å². The van der Waals surface area contributed by atoms with Gasteiger partial charge < -0.3 is 10.2 Å². The molecule has 17 heavy (non-hydrogen) atoms. The van der Waals surface area contributed by atoms with Crippen molar-refractivity contribution in [3.05, 3.63) is 0 Å². The summed E-state index contributed by atoms with van der Waals surface area (Å²) < 4.78 is 22.1. The minimum absolute atomic E-state index is 0.147. The Morgan fingerprint density at radius 3 is 2.41 bits per heavy atom. The van der Waals surface area contributed by atoms with Gasteiger partial charge in [-0.3, -0.25) is 0 Å². The van der Waals surface area contributed by atoms with Gasteiger partial charge in [0.2, 0.25) is 0 Å². The van der Waals surface area contributed by atoms with Crippen molar-refractivity contribution in [3.63, 3.8) is 0 Å². The second-order valence-corrected chi connectivity index (χ2v) is 7.12. The van der Waals surface area contributed by atoms with Crippen molar-refractivity contribution in [3.8, 4) is 6.07 Å². The van der Waals surface area contributed by atoms with Crippen LogP contribution in [0.25, 0.3) is 0 Å². The molecule has 0 saturated carbocycles. The smallest absolute Gasteiger partial charge is 0.148 e. The summed E-state index contributed by atoms with van der Waals surface area (Å²) in [5, 5.41) is 12.0. The summed E-state index contributed by atoms with van der Waals surface area (Å²) in [5.41, 5.74) is -0.571. The first-order valence-corrected chi connectivity index (χ1v) is 7.68. The molecular formula is C11H23N3O2S. The van der Waals surface area contributed by atoms with Gasteiger partial charge in [0, 0.05) is 18.8 Å². The molecule has 0 amide bonds. The van der Waals surface area contributed by atoms with E-state index in [0.717, 1.165) is 0 Å². The molecule has 5 nitrogen and oxygen atoms in total. The SMILES string of the molecule is CNC(C)(C#N)CC(C)N(C)CCS(C)(=O)=O. The summed E-state index contributed by atoms with van der Waals surface area (Å²) in [5.74, 6) is 0.149. The summed E-state index contributed by atoms with van der Waals surface area (Å²) in [6, 6.07) is 2.38. The van der Waals surface area contributed by atoms with Crippen LogP contribution in [0.1, 0.15) is 20.3 Å². The van der Waals surface area contributed by atoms with Crippen molar-refractivity contribution in [2.45, 2.75) is 31.8 Å². The van der Waals surface area contributed by atoms with Crippen LogP contribution >= 0.6 is 0 Å². The molecule has 0 bridgehead atoms. The Kier molecular flexibility index (Phi) is 6.10. The molecule has 0 aromatic rings. The van der Waals surface area contributed by atoms with Crippen LogP contribution in [0.4, 0.5) is 0 Å². The molecule has 2 atom stereocenters. The number of hydrogen-bond donors (Lipinski definition) is 1. The second kappa shape index (κ2) is 6.34. The molecule has 100 valence electrons. The van der Waals surface area contributed by atoms with Gasteiger partial charge in [-0.1, -0.05) is 0 Å². The number of nitrogens with one attached hydrogen (secondary N) is 1. The Hall–Kier alpha value is -0.640. The van der Waals surface area contributed by atoms with Crippen LogP contribution in [0.3, 0.4) is 0 Å². The number of hydrogen-bond acceptors (Lipinski definition) is 5. The van der Waals surface area contributed by atoms with Crippen molar-refractivity contribution in [2.24, 2.45) is 0 Å². The maximum Gasteiger partial charge on any atom is 0.148 e. The fraction of sp³-hybridized carbons (Fsp3) is 0.909. The van der Waals surface area contributed by atoms with E-state index in [1.54, 1.807) is 7.05 Å². The number of nitriles is 1. The van der Waals surface area contributed by atoms with Crippen LogP contribution in [0.15, 0.2) is 0 Å². The van der Waals surface area contributed by atoms with Gasteiger partial charge in [-0.05, 0) is 34.4 Å². The zero-order valence-electron chi connectivity index (χ0n) is 11.3. The van der Waals surface area contributed by atoms with Gasteiger partial charge in [0.1, 0.15) is 15.4 Å². The quantitative estimate of drug-likeness (QED) is 0.711. The summed E-state index contributed by atoms with van der Waals surface area (Å²) in [6.07, 6.45) is 1.89. The summed E-state index contributed by atoms with van der Waals surface area (Å²) in [6.45, 7) is 4.33. The molecule has 6 heteroatoms. The van der Waals surface area contributed by atoms with E-state index < -0.39 is 15.4 Å². The van der Waals surface area contributed by atoms with Crippen LogP contribution < -0.4 is 5.32 Å². The van der Waals surface area contributed by atoms with E-state index in [9.17, 15) is 8.42 Å². The molecule has 0 aliphatic rings. The summed E-state index contributed by atoms with van der Waals surface area (Å²) in [7, 11) is 0.705. The fourth-order valence-electron chi connectivity index (χ4n) is 1.48. The molecule has 0 spiro atoms. The van der Waals surface area contributed by atoms with Gasteiger partial charge in [-0.15, -0.1) is 0 Å². The highest BCUT2D eigenvalue weighted by molar-refractivity contribution is 7.90. The third kappa shape index (κ3) is 6.61. The van der Waals surface area contributed by atoms with Gasteiger partial charge in [0.25, 0.3) is 0 Å². The number of nitrogens with zero attached hydrogens (tertiary/aromatic N) is 2. The molecule has 0 fully saturated rings. The average molecular weight is 261 g/mol. The lowest BCUT2D eigenvalue weighted by Crippen LogP contribution is -2.45. The normalized spacial score (nSPS) is 17.5. The topological polar surface area (TPSA) is 73.2 Å². The Labute approximate surface area is 105 Å². The van der Waals surface area contributed by atoms with E-state index in [1.807, 2.05) is 25.8 Å². The molecule has 0 aromatic heterocycles. The molecule has 0 radical (unpaired) electrons. The maximum atomic E-state index is 11.1. The zero-order chi connectivity index (χ0) is 13.7. The first kappa shape index (κ1) is 16.4. The first-order valence-electron chi connectivity index (χ1n) is 5.61. The van der Waals surface area contributed by atoms with Crippen molar-refractivity contribution in [1.82, 2.24) is 10.2 Å². The highest BCUT2D eigenvalue weighted by Gasteiger charge is 2.26. The Bertz CT molecular complexity index is 375. The van der Waals surface area contributed by atoms with Crippen molar-refractivity contribution >= 4 is 9.84 Å². The summed E-state index contributed by atoms with van der Waals surface area (Å²) in [4.78, 5) is 1.97. The van der Waals surface area contributed by atoms with Crippen LogP contribution in [0.2, 0.25) is 0 Å². The Balaban J connectivity index is 4.33. The van der Waals surface area contributed by atoms with Gasteiger partial charge in [-0.25, -0.2) is 8.42 Å². The van der Waals surface area contributed by atoms with Crippen molar-refractivity contribution < 1.29 is 8.42 Å². The molecule has 1 N–H and O–H groups in total. The molecule has 0 aliphatic carbocycles. The van der Waals surface area contributed by atoms with E-state index in [-0.39, 0.29) is 11.8 Å². The summed E-state index contributed by atoms with van der Waals surface area (Å²) >= 11 is 0. The lowest BCUT2D eigenvalue weighted by molar-refractivity contribution is 0.227. The molecule has 0 rings (SSSR count). The van der Waals surface area contributed by atoms with Gasteiger partial charge in [-0.2, -0.15) is 5.26 Å². The molecule has 0 aliphatic heterocycles. The molecule has 2 unspecified atom stereocenters. The molecule has 0 aromatic carbocycles. The standard InChI is InChI=1S/C11H23N3O2S/c1-10(8-11(2,9-12)13-3)14(4)6-7-17(5,15)16/h10,13H,6-8H2,1-5H3. The van der Waals surface area contributed by atoms with E-state index in [2.05, 4.69) is 11.4 Å². The molecule has 0 heterocycles. The maximum absolute atomic E-state index is 11.1. The minimum Gasteiger partial charge on any atom is -0.303 e. The van der Waals surface area contributed by atoms with Crippen molar-refractivity contribution in [1.29, 1.82) is 5.26 Å². The minimum atomic E-state index is -2.93. The van der Waals surface area contributed by atoms with E-state index in [1.165, 1.54) is 6.26 Å². The Morgan fingerprint density at radius 1 is 1.53 bits per heavy atom.